The van der Waals surface area contributed by atoms with Gasteiger partial charge in [-0.05, 0) is 43.3 Å². The first-order valence-corrected chi connectivity index (χ1v) is 13.5. The lowest BCUT2D eigenvalue weighted by molar-refractivity contribution is -0.141. The highest BCUT2D eigenvalue weighted by Gasteiger charge is 2.38. The molecule has 3 aromatic carbocycles. The SMILES string of the molecule is CC(Cc1cccc(C2C3=C(CCN2C)NC(c2cc(Oc4c(F)cc5[nH]ccc5c4F)ccc2F)N3)c1F)C(=O)O. The van der Waals surface area contributed by atoms with Crippen LogP contribution in [0.1, 0.15) is 42.2 Å². The molecule has 3 atom stereocenters. The monoisotopic (exact) mass is 580 g/mol. The van der Waals surface area contributed by atoms with Gasteiger partial charge in [-0.25, -0.2) is 17.6 Å². The second-order valence-corrected chi connectivity index (χ2v) is 10.7. The van der Waals surface area contributed by atoms with E-state index in [0.29, 0.717) is 29.8 Å². The third-order valence-electron chi connectivity index (χ3n) is 7.92. The molecule has 4 aromatic rings. The van der Waals surface area contributed by atoms with Gasteiger partial charge in [-0.3, -0.25) is 9.69 Å². The smallest absolute Gasteiger partial charge is 0.306 e. The molecule has 42 heavy (non-hydrogen) atoms. The molecule has 4 N–H and O–H groups in total. The number of hydrogen-bond acceptors (Lipinski definition) is 5. The third kappa shape index (κ3) is 4.83. The van der Waals surface area contributed by atoms with Crippen LogP contribution < -0.4 is 15.4 Å². The summed E-state index contributed by atoms with van der Waals surface area (Å²) in [6.45, 7) is 2.12. The summed E-state index contributed by atoms with van der Waals surface area (Å²) >= 11 is 0. The Kier molecular flexibility index (Phi) is 7.05. The Labute approximate surface area is 238 Å². The highest BCUT2D eigenvalue weighted by atomic mass is 19.1. The Bertz CT molecular complexity index is 1740. The minimum Gasteiger partial charge on any atom is -0.481 e. The predicted molar refractivity (Wildman–Crippen MR) is 148 cm³/mol. The molecule has 0 aliphatic carbocycles. The minimum absolute atomic E-state index is 0.0347. The molecule has 6 rings (SSSR count). The predicted octanol–water partition coefficient (Wildman–Crippen LogP) is 6.26. The normalized spacial score (nSPS) is 19.4. The van der Waals surface area contributed by atoms with Gasteiger partial charge >= 0.3 is 5.97 Å². The number of halogens is 4. The molecule has 2 aliphatic rings. The van der Waals surface area contributed by atoms with Gasteiger partial charge in [-0.2, -0.15) is 0 Å². The molecule has 0 fully saturated rings. The number of nitrogens with one attached hydrogen (secondary N) is 3. The average Bonchev–Trinajstić information content (AvgIpc) is 3.60. The number of H-pyrrole nitrogens is 1. The maximum atomic E-state index is 15.8. The molecule has 0 saturated carbocycles. The zero-order chi connectivity index (χ0) is 29.7. The number of aromatic amines is 1. The van der Waals surface area contributed by atoms with Crippen LogP contribution in [-0.2, 0) is 11.2 Å². The first-order valence-electron chi connectivity index (χ1n) is 13.5. The summed E-state index contributed by atoms with van der Waals surface area (Å²) < 4.78 is 66.2. The van der Waals surface area contributed by atoms with Crippen LogP contribution in [0.4, 0.5) is 17.6 Å². The van der Waals surface area contributed by atoms with E-state index >= 15 is 8.78 Å². The maximum Gasteiger partial charge on any atom is 0.306 e. The van der Waals surface area contributed by atoms with Gasteiger partial charge in [-0.15, -0.1) is 0 Å². The van der Waals surface area contributed by atoms with Crippen LogP contribution in [0.3, 0.4) is 0 Å². The van der Waals surface area contributed by atoms with Crippen LogP contribution in [0.5, 0.6) is 11.5 Å². The van der Waals surface area contributed by atoms with Gasteiger partial charge < -0.3 is 25.5 Å². The molecular formula is C31H28F4N4O3. The fraction of sp³-hybridized carbons (Fsp3) is 0.258. The molecule has 1 aromatic heterocycles. The van der Waals surface area contributed by atoms with Gasteiger partial charge in [0.25, 0.3) is 0 Å². The van der Waals surface area contributed by atoms with E-state index in [0.717, 1.165) is 17.8 Å². The first kappa shape index (κ1) is 27.6. The minimum atomic E-state index is -1.01. The quantitative estimate of drug-likeness (QED) is 0.193. The van der Waals surface area contributed by atoms with E-state index in [1.165, 1.54) is 31.3 Å². The van der Waals surface area contributed by atoms with Crippen LogP contribution in [0.2, 0.25) is 0 Å². The maximum absolute atomic E-state index is 15.8. The van der Waals surface area contributed by atoms with Gasteiger partial charge in [0.2, 0.25) is 0 Å². The van der Waals surface area contributed by atoms with Crippen molar-refractivity contribution in [3.63, 3.8) is 0 Å². The van der Waals surface area contributed by atoms with Crippen molar-refractivity contribution in [1.29, 1.82) is 0 Å². The van der Waals surface area contributed by atoms with Crippen LogP contribution >= 0.6 is 0 Å². The van der Waals surface area contributed by atoms with Crippen molar-refractivity contribution in [3.05, 3.63) is 106 Å². The molecule has 2 aliphatic heterocycles. The molecule has 0 saturated heterocycles. The number of carbonyl (C=O) groups is 1. The summed E-state index contributed by atoms with van der Waals surface area (Å²) in [6.07, 6.45) is 1.37. The molecule has 0 bridgehead atoms. The lowest BCUT2D eigenvalue weighted by Crippen LogP contribution is -2.35. The number of ether oxygens (including phenoxy) is 1. The average molecular weight is 581 g/mol. The zero-order valence-corrected chi connectivity index (χ0v) is 22.8. The Morgan fingerprint density at radius 1 is 1.05 bits per heavy atom. The highest BCUT2D eigenvalue weighted by molar-refractivity contribution is 5.82. The number of aromatic nitrogens is 1. The largest absolute Gasteiger partial charge is 0.481 e. The second kappa shape index (κ2) is 10.7. The number of hydrogen-bond donors (Lipinski definition) is 4. The Morgan fingerprint density at radius 3 is 2.64 bits per heavy atom. The van der Waals surface area contributed by atoms with Crippen molar-refractivity contribution in [1.82, 2.24) is 20.5 Å². The van der Waals surface area contributed by atoms with E-state index in [1.54, 1.807) is 18.2 Å². The van der Waals surface area contributed by atoms with Crippen molar-refractivity contribution >= 4 is 16.9 Å². The number of aliphatic carboxylic acids is 1. The fourth-order valence-corrected chi connectivity index (χ4v) is 5.68. The molecule has 218 valence electrons. The molecule has 7 nitrogen and oxygen atoms in total. The molecule has 0 radical (unpaired) electrons. The third-order valence-corrected chi connectivity index (χ3v) is 7.92. The number of nitrogens with zero attached hydrogens (tertiary/aromatic N) is 1. The molecule has 3 heterocycles. The van der Waals surface area contributed by atoms with E-state index in [9.17, 15) is 18.7 Å². The van der Waals surface area contributed by atoms with E-state index in [2.05, 4.69) is 15.6 Å². The van der Waals surface area contributed by atoms with E-state index in [4.69, 9.17) is 4.74 Å². The van der Waals surface area contributed by atoms with Gasteiger partial charge in [0.1, 0.15) is 23.5 Å². The van der Waals surface area contributed by atoms with Crippen molar-refractivity contribution in [2.45, 2.75) is 32.0 Å². The van der Waals surface area contributed by atoms with Gasteiger partial charge in [0, 0.05) is 47.4 Å². The highest BCUT2D eigenvalue weighted by Crippen LogP contribution is 2.40. The van der Waals surface area contributed by atoms with Crippen molar-refractivity contribution < 1.29 is 32.2 Å². The van der Waals surface area contributed by atoms with E-state index in [1.807, 2.05) is 11.9 Å². The van der Waals surface area contributed by atoms with E-state index < -0.39 is 53.1 Å². The number of carboxylic acid groups (broad SMARTS) is 1. The van der Waals surface area contributed by atoms with Gasteiger partial charge in [0.15, 0.2) is 17.4 Å². The van der Waals surface area contributed by atoms with Gasteiger partial charge in [0.05, 0.1) is 23.2 Å². The van der Waals surface area contributed by atoms with Crippen LogP contribution in [0.15, 0.2) is 66.1 Å². The molecule has 0 amide bonds. The summed E-state index contributed by atoms with van der Waals surface area (Å²) in [5.74, 6) is -5.16. The number of rotatable bonds is 7. The number of fused-ring (bicyclic) bond motifs is 1. The Morgan fingerprint density at radius 2 is 1.86 bits per heavy atom. The summed E-state index contributed by atoms with van der Waals surface area (Å²) in [6, 6.07) is 10.8. The summed E-state index contributed by atoms with van der Waals surface area (Å²) in [5, 5.41) is 16.0. The standard InChI is InChI=1S/C31H28F4N4O3/c1-15(31(40)41)12-16-4-3-5-19(25(16)34)28-27-23(9-11-39(28)2)37-30(38-27)20-13-17(6-7-21(20)32)42-29-22(33)14-24-18(26(29)35)8-10-36-24/h3-8,10,13-15,28,30,36-38H,9,11-12H2,1-2H3,(H,40,41). The Balaban J connectivity index is 1.28. The first-order chi connectivity index (χ1) is 20.1. The summed E-state index contributed by atoms with van der Waals surface area (Å²) in [7, 11) is 1.86. The molecular weight excluding hydrogens is 552 g/mol. The van der Waals surface area contributed by atoms with E-state index in [-0.39, 0.29) is 28.6 Å². The number of likely N-dealkylation sites (N-methyl/N-ethyl adjacent to an activating group) is 1. The lowest BCUT2D eigenvalue weighted by atomic mass is 9.92. The zero-order valence-electron chi connectivity index (χ0n) is 22.8. The summed E-state index contributed by atoms with van der Waals surface area (Å²) in [5.41, 5.74) is 2.56. The van der Waals surface area contributed by atoms with Gasteiger partial charge in [-0.1, -0.05) is 25.1 Å². The lowest BCUT2D eigenvalue weighted by Gasteiger charge is -2.34. The Hall–Kier alpha value is -4.51. The van der Waals surface area contributed by atoms with Crippen LogP contribution in [0, 0.1) is 29.2 Å². The fourth-order valence-electron chi connectivity index (χ4n) is 5.68. The number of carboxylic acids is 1. The van der Waals surface area contributed by atoms with Crippen molar-refractivity contribution in [2.75, 3.05) is 13.6 Å². The molecule has 3 unspecified atom stereocenters. The van der Waals surface area contributed by atoms with Crippen LogP contribution in [0.25, 0.3) is 10.9 Å². The topological polar surface area (TPSA) is 89.6 Å². The molecule has 0 spiro atoms. The van der Waals surface area contributed by atoms with Crippen molar-refractivity contribution in [3.8, 4) is 11.5 Å². The number of benzene rings is 3. The molecule has 11 heteroatoms. The second-order valence-electron chi connectivity index (χ2n) is 10.7. The summed E-state index contributed by atoms with van der Waals surface area (Å²) in [4.78, 5) is 16.1. The van der Waals surface area contributed by atoms with Crippen molar-refractivity contribution in [2.24, 2.45) is 5.92 Å². The van der Waals surface area contributed by atoms with Crippen LogP contribution in [-0.4, -0.2) is 34.6 Å².